The van der Waals surface area contributed by atoms with Crippen LogP contribution in [0, 0.1) is 0 Å². The third kappa shape index (κ3) is 4.63. The first-order valence-corrected chi connectivity index (χ1v) is 3.97. The minimum atomic E-state index is -1.18. The van der Waals surface area contributed by atoms with Gasteiger partial charge in [-0.05, 0) is 0 Å². The van der Waals surface area contributed by atoms with Crippen LogP contribution in [0.2, 0.25) is 0 Å². The Balaban J connectivity index is 3.70. The van der Waals surface area contributed by atoms with Gasteiger partial charge >= 0.3 is 0 Å². The van der Waals surface area contributed by atoms with E-state index in [1.807, 2.05) is 0 Å². The van der Waals surface area contributed by atoms with Gasteiger partial charge in [0, 0.05) is 6.42 Å². The van der Waals surface area contributed by atoms with E-state index in [2.05, 4.69) is 0 Å². The van der Waals surface area contributed by atoms with Crippen LogP contribution in [0.25, 0.3) is 0 Å². The van der Waals surface area contributed by atoms with E-state index in [1.165, 1.54) is 0 Å². The molecule has 0 atom stereocenters. The maximum absolute atomic E-state index is 8.47. The number of rotatable bonds is 7. The van der Waals surface area contributed by atoms with Gasteiger partial charge in [0.1, 0.15) is 0 Å². The molecule has 0 aromatic carbocycles. The van der Waals surface area contributed by atoms with Gasteiger partial charge in [-0.25, -0.2) is 0 Å². The van der Waals surface area contributed by atoms with Crippen molar-refractivity contribution in [1.29, 1.82) is 0 Å². The molecule has 0 unspecified atom stereocenters. The Bertz CT molecular complexity index is 102. The van der Waals surface area contributed by atoms with Crippen molar-refractivity contribution >= 4 is 0 Å². The molecule has 5 nitrogen and oxygen atoms in total. The van der Waals surface area contributed by atoms with Crippen LogP contribution in [0.4, 0.5) is 0 Å². The lowest BCUT2D eigenvalue weighted by atomic mass is 10.4. The average molecular weight is 179 g/mol. The van der Waals surface area contributed by atoms with E-state index >= 15 is 0 Å². The number of aliphatic hydroxyl groups excluding tert-OH is 2. The van der Waals surface area contributed by atoms with Gasteiger partial charge in [0.2, 0.25) is 5.91 Å². The number of ether oxygens (including phenoxy) is 2. The SMILES string of the molecule is CCC(N)(OCCO)OCCO. The van der Waals surface area contributed by atoms with E-state index in [9.17, 15) is 0 Å². The third-order valence-corrected chi connectivity index (χ3v) is 1.37. The predicted octanol–water partition coefficient (Wildman–Crippen LogP) is -0.973. The van der Waals surface area contributed by atoms with Crippen molar-refractivity contribution in [3.8, 4) is 0 Å². The molecule has 0 aromatic rings. The highest BCUT2D eigenvalue weighted by atomic mass is 16.7. The van der Waals surface area contributed by atoms with Crippen molar-refractivity contribution in [2.24, 2.45) is 5.73 Å². The number of hydrogen-bond acceptors (Lipinski definition) is 5. The summed E-state index contributed by atoms with van der Waals surface area (Å²) in [6, 6.07) is 0. The number of aliphatic hydroxyl groups is 2. The van der Waals surface area contributed by atoms with Crippen LogP contribution in [0.1, 0.15) is 13.3 Å². The van der Waals surface area contributed by atoms with Crippen molar-refractivity contribution in [2.75, 3.05) is 26.4 Å². The zero-order chi connectivity index (χ0) is 9.45. The summed E-state index contributed by atoms with van der Waals surface area (Å²) in [6.07, 6.45) is 0.465. The topological polar surface area (TPSA) is 84.9 Å². The standard InChI is InChI=1S/C7H17NO4/c1-2-7(8,11-5-3-9)12-6-4-10/h9-10H,2-6,8H2,1H3. The summed E-state index contributed by atoms with van der Waals surface area (Å²) in [5, 5.41) is 16.9. The van der Waals surface area contributed by atoms with Gasteiger partial charge in [0.25, 0.3) is 0 Å². The summed E-state index contributed by atoms with van der Waals surface area (Å²) in [5.41, 5.74) is 5.60. The Morgan fingerprint density at radius 1 is 1.17 bits per heavy atom. The summed E-state index contributed by atoms with van der Waals surface area (Å²) >= 11 is 0. The van der Waals surface area contributed by atoms with Crippen LogP contribution in [-0.4, -0.2) is 42.6 Å². The molecule has 5 heteroatoms. The molecule has 0 amide bonds. The Labute approximate surface area is 72.1 Å². The summed E-state index contributed by atoms with van der Waals surface area (Å²) in [6.45, 7) is 1.88. The highest BCUT2D eigenvalue weighted by Gasteiger charge is 2.23. The summed E-state index contributed by atoms with van der Waals surface area (Å²) in [5.74, 6) is -1.18. The highest BCUT2D eigenvalue weighted by Crippen LogP contribution is 2.09. The molecule has 0 aliphatic heterocycles. The average Bonchev–Trinajstić information content (AvgIpc) is 2.11. The van der Waals surface area contributed by atoms with Gasteiger partial charge in [-0.15, -0.1) is 0 Å². The zero-order valence-corrected chi connectivity index (χ0v) is 7.32. The molecule has 0 aliphatic carbocycles. The van der Waals surface area contributed by atoms with E-state index in [0.29, 0.717) is 6.42 Å². The van der Waals surface area contributed by atoms with E-state index in [-0.39, 0.29) is 26.4 Å². The van der Waals surface area contributed by atoms with Gasteiger partial charge in [-0.2, -0.15) is 0 Å². The molecular weight excluding hydrogens is 162 g/mol. The van der Waals surface area contributed by atoms with E-state index in [0.717, 1.165) is 0 Å². The molecule has 0 radical (unpaired) electrons. The van der Waals surface area contributed by atoms with Crippen LogP contribution in [0.5, 0.6) is 0 Å². The molecule has 0 aliphatic rings. The summed E-state index contributed by atoms with van der Waals surface area (Å²) in [4.78, 5) is 0. The highest BCUT2D eigenvalue weighted by molar-refractivity contribution is 4.57. The maximum atomic E-state index is 8.47. The molecule has 0 aromatic heterocycles. The molecule has 0 saturated heterocycles. The molecular formula is C7H17NO4. The Morgan fingerprint density at radius 2 is 1.58 bits per heavy atom. The Hall–Kier alpha value is -0.200. The maximum Gasteiger partial charge on any atom is 0.224 e. The predicted molar refractivity (Wildman–Crippen MR) is 43.3 cm³/mol. The minimum Gasteiger partial charge on any atom is -0.394 e. The van der Waals surface area contributed by atoms with E-state index in [4.69, 9.17) is 25.4 Å². The fourth-order valence-electron chi connectivity index (χ4n) is 0.683. The zero-order valence-electron chi connectivity index (χ0n) is 7.32. The fourth-order valence-corrected chi connectivity index (χ4v) is 0.683. The van der Waals surface area contributed by atoms with Gasteiger partial charge in [0.05, 0.1) is 26.4 Å². The van der Waals surface area contributed by atoms with Gasteiger partial charge in [-0.1, -0.05) is 6.92 Å². The van der Waals surface area contributed by atoms with Gasteiger partial charge in [-0.3, -0.25) is 5.73 Å². The van der Waals surface area contributed by atoms with Crippen LogP contribution in [0.15, 0.2) is 0 Å². The van der Waals surface area contributed by atoms with Crippen LogP contribution in [0.3, 0.4) is 0 Å². The normalized spacial score (nSPS) is 12.0. The smallest absolute Gasteiger partial charge is 0.224 e. The summed E-state index contributed by atoms with van der Waals surface area (Å²) < 4.78 is 10.0. The molecule has 4 N–H and O–H groups in total. The fraction of sp³-hybridized carbons (Fsp3) is 1.00. The van der Waals surface area contributed by atoms with E-state index < -0.39 is 5.91 Å². The molecule has 0 rings (SSSR count). The second kappa shape index (κ2) is 6.33. The lowest BCUT2D eigenvalue weighted by molar-refractivity contribution is -0.241. The molecule has 0 spiro atoms. The van der Waals surface area contributed by atoms with Gasteiger partial charge in [0.15, 0.2) is 0 Å². The van der Waals surface area contributed by atoms with Crippen molar-refractivity contribution in [1.82, 2.24) is 0 Å². The Morgan fingerprint density at radius 3 is 1.83 bits per heavy atom. The third-order valence-electron chi connectivity index (χ3n) is 1.37. The minimum absolute atomic E-state index is 0.0958. The van der Waals surface area contributed by atoms with Crippen molar-refractivity contribution < 1.29 is 19.7 Å². The molecule has 0 fully saturated rings. The van der Waals surface area contributed by atoms with Crippen molar-refractivity contribution in [3.05, 3.63) is 0 Å². The lowest BCUT2D eigenvalue weighted by Gasteiger charge is -2.27. The van der Waals surface area contributed by atoms with Crippen LogP contribution >= 0.6 is 0 Å². The number of nitrogens with two attached hydrogens (primary N) is 1. The molecule has 0 heterocycles. The Kier molecular flexibility index (Phi) is 6.23. The lowest BCUT2D eigenvalue weighted by Crippen LogP contribution is -2.46. The second-order valence-corrected chi connectivity index (χ2v) is 2.31. The van der Waals surface area contributed by atoms with Crippen molar-refractivity contribution in [2.45, 2.75) is 19.3 Å². The summed E-state index contributed by atoms with van der Waals surface area (Å²) in [7, 11) is 0. The van der Waals surface area contributed by atoms with Crippen LogP contribution in [-0.2, 0) is 9.47 Å². The van der Waals surface area contributed by atoms with E-state index in [1.54, 1.807) is 6.92 Å². The van der Waals surface area contributed by atoms with Gasteiger partial charge < -0.3 is 19.7 Å². The largest absolute Gasteiger partial charge is 0.394 e. The first-order chi connectivity index (χ1) is 5.68. The first kappa shape index (κ1) is 11.8. The monoisotopic (exact) mass is 179 g/mol. The molecule has 0 bridgehead atoms. The second-order valence-electron chi connectivity index (χ2n) is 2.31. The molecule has 0 saturated carbocycles. The first-order valence-electron chi connectivity index (χ1n) is 3.97. The van der Waals surface area contributed by atoms with Crippen LogP contribution < -0.4 is 5.73 Å². The molecule has 12 heavy (non-hydrogen) atoms. The number of hydrogen-bond donors (Lipinski definition) is 3. The van der Waals surface area contributed by atoms with Crippen molar-refractivity contribution in [3.63, 3.8) is 0 Å². The quantitative estimate of drug-likeness (QED) is 0.438. The molecule has 74 valence electrons.